The van der Waals surface area contributed by atoms with Crippen molar-refractivity contribution in [3.05, 3.63) is 53.4 Å². The molecule has 3 rings (SSSR count). The number of anilines is 1. The SMILES string of the molecule is O=C(CN(Cc1ccco1)[C@@H]1CCS(=O)(=O)C1)Nc1ccccc1Cl. The number of para-hydroxylation sites is 1. The molecule has 2 aromatic rings. The number of nitrogens with one attached hydrogen (secondary N) is 1. The van der Waals surface area contributed by atoms with Crippen LogP contribution in [0, 0.1) is 0 Å². The number of hydrogen-bond acceptors (Lipinski definition) is 5. The molecule has 0 bridgehead atoms. The lowest BCUT2D eigenvalue weighted by Gasteiger charge is -2.26. The molecular weight excluding hydrogens is 364 g/mol. The summed E-state index contributed by atoms with van der Waals surface area (Å²) in [5, 5.41) is 3.23. The van der Waals surface area contributed by atoms with Crippen LogP contribution in [0.15, 0.2) is 47.1 Å². The summed E-state index contributed by atoms with van der Waals surface area (Å²) in [6.07, 6.45) is 2.07. The molecule has 1 aromatic carbocycles. The lowest BCUT2D eigenvalue weighted by Crippen LogP contribution is -2.41. The molecule has 1 fully saturated rings. The van der Waals surface area contributed by atoms with Gasteiger partial charge in [-0.3, -0.25) is 9.69 Å². The third kappa shape index (κ3) is 4.84. The van der Waals surface area contributed by atoms with Crippen LogP contribution < -0.4 is 5.32 Å². The van der Waals surface area contributed by atoms with Crippen molar-refractivity contribution in [2.45, 2.75) is 19.0 Å². The molecular formula is C17H19ClN2O4S. The zero-order valence-electron chi connectivity index (χ0n) is 13.5. The molecule has 1 saturated heterocycles. The van der Waals surface area contributed by atoms with Crippen LogP contribution in [-0.4, -0.2) is 43.3 Å². The van der Waals surface area contributed by atoms with Gasteiger partial charge in [-0.15, -0.1) is 0 Å². The third-order valence-corrected chi connectivity index (χ3v) is 6.24. The Morgan fingerprint density at radius 3 is 2.72 bits per heavy atom. The highest BCUT2D eigenvalue weighted by atomic mass is 35.5. The first-order valence-electron chi connectivity index (χ1n) is 7.94. The molecule has 1 atom stereocenters. The lowest BCUT2D eigenvalue weighted by atomic mass is 10.2. The number of hydrogen-bond donors (Lipinski definition) is 1. The van der Waals surface area contributed by atoms with Crippen molar-refractivity contribution in [3.63, 3.8) is 0 Å². The molecule has 0 saturated carbocycles. The Kier molecular flexibility index (Phi) is 5.46. The predicted octanol–water partition coefficient (Wildman–Crippen LogP) is 2.56. The molecule has 1 amide bonds. The van der Waals surface area contributed by atoms with Gasteiger partial charge < -0.3 is 9.73 Å². The first-order chi connectivity index (χ1) is 11.9. The number of amides is 1. The van der Waals surface area contributed by atoms with Crippen LogP contribution in [0.5, 0.6) is 0 Å². The van der Waals surface area contributed by atoms with Crippen molar-refractivity contribution in [2.24, 2.45) is 0 Å². The molecule has 25 heavy (non-hydrogen) atoms. The van der Waals surface area contributed by atoms with Crippen LogP contribution >= 0.6 is 11.6 Å². The largest absolute Gasteiger partial charge is 0.468 e. The van der Waals surface area contributed by atoms with Crippen molar-refractivity contribution < 1.29 is 17.6 Å². The van der Waals surface area contributed by atoms with Gasteiger partial charge in [0.1, 0.15) is 5.76 Å². The summed E-state index contributed by atoms with van der Waals surface area (Å²) in [6, 6.07) is 10.4. The van der Waals surface area contributed by atoms with Gasteiger partial charge in [-0.1, -0.05) is 23.7 Å². The van der Waals surface area contributed by atoms with Crippen LogP contribution in [0.4, 0.5) is 5.69 Å². The highest BCUT2D eigenvalue weighted by Gasteiger charge is 2.33. The summed E-state index contributed by atoms with van der Waals surface area (Å²) in [5.74, 6) is 0.657. The highest BCUT2D eigenvalue weighted by Crippen LogP contribution is 2.22. The van der Waals surface area contributed by atoms with Gasteiger partial charge in [0.15, 0.2) is 9.84 Å². The number of benzene rings is 1. The first kappa shape index (κ1) is 18.0. The van der Waals surface area contributed by atoms with Crippen LogP contribution in [0.3, 0.4) is 0 Å². The van der Waals surface area contributed by atoms with Gasteiger partial charge in [-0.2, -0.15) is 0 Å². The number of rotatable bonds is 6. The van der Waals surface area contributed by atoms with Gasteiger partial charge in [0.05, 0.1) is 41.6 Å². The summed E-state index contributed by atoms with van der Waals surface area (Å²) in [7, 11) is -3.05. The second-order valence-electron chi connectivity index (χ2n) is 6.07. The Balaban J connectivity index is 1.70. The minimum absolute atomic E-state index is 0.0616. The molecule has 6 nitrogen and oxygen atoms in total. The highest BCUT2D eigenvalue weighted by molar-refractivity contribution is 7.91. The van der Waals surface area contributed by atoms with Crippen molar-refractivity contribution in [1.82, 2.24) is 4.90 Å². The normalized spacial score (nSPS) is 19.2. The van der Waals surface area contributed by atoms with E-state index in [9.17, 15) is 13.2 Å². The zero-order chi connectivity index (χ0) is 17.9. The van der Waals surface area contributed by atoms with E-state index >= 15 is 0 Å². The minimum Gasteiger partial charge on any atom is -0.468 e. The van der Waals surface area contributed by atoms with E-state index in [0.717, 1.165) is 0 Å². The number of carbonyl (C=O) groups is 1. The van der Waals surface area contributed by atoms with Crippen molar-refractivity contribution in [2.75, 3.05) is 23.4 Å². The third-order valence-electron chi connectivity index (χ3n) is 4.16. The summed E-state index contributed by atoms with van der Waals surface area (Å²) >= 11 is 6.06. The number of nitrogens with zero attached hydrogens (tertiary/aromatic N) is 1. The van der Waals surface area contributed by atoms with E-state index in [2.05, 4.69) is 5.32 Å². The predicted molar refractivity (Wildman–Crippen MR) is 96.3 cm³/mol. The number of carbonyl (C=O) groups excluding carboxylic acids is 1. The maximum atomic E-state index is 12.4. The van der Waals surface area contributed by atoms with E-state index < -0.39 is 9.84 Å². The van der Waals surface area contributed by atoms with Crippen LogP contribution in [-0.2, 0) is 21.2 Å². The Morgan fingerprint density at radius 1 is 1.28 bits per heavy atom. The van der Waals surface area contributed by atoms with E-state index in [4.69, 9.17) is 16.0 Å². The topological polar surface area (TPSA) is 79.6 Å². The standard InChI is InChI=1S/C17H19ClN2O4S/c18-15-5-1-2-6-16(15)19-17(21)11-20(10-14-4-3-8-24-14)13-7-9-25(22,23)12-13/h1-6,8,13H,7,9-12H2,(H,19,21)/t13-/m1/s1. The molecule has 1 aromatic heterocycles. The average molecular weight is 383 g/mol. The van der Waals surface area contributed by atoms with Gasteiger partial charge >= 0.3 is 0 Å². The Bertz CT molecular complexity index is 836. The summed E-state index contributed by atoms with van der Waals surface area (Å²) in [4.78, 5) is 14.3. The molecule has 0 radical (unpaired) electrons. The second kappa shape index (κ2) is 7.59. The quantitative estimate of drug-likeness (QED) is 0.830. The Hall–Kier alpha value is -1.83. The minimum atomic E-state index is -3.05. The van der Waals surface area contributed by atoms with Gasteiger partial charge in [0, 0.05) is 6.04 Å². The smallest absolute Gasteiger partial charge is 0.238 e. The summed E-state index contributed by atoms with van der Waals surface area (Å²) in [5.41, 5.74) is 0.533. The average Bonchev–Trinajstić information content (AvgIpc) is 3.18. The fraction of sp³-hybridized carbons (Fsp3) is 0.353. The van der Waals surface area contributed by atoms with E-state index in [0.29, 0.717) is 29.4 Å². The van der Waals surface area contributed by atoms with E-state index in [-0.39, 0.29) is 30.0 Å². The fourth-order valence-electron chi connectivity index (χ4n) is 2.92. The summed E-state index contributed by atoms with van der Waals surface area (Å²) < 4.78 is 29.0. The van der Waals surface area contributed by atoms with E-state index in [1.807, 2.05) is 11.0 Å². The number of furan rings is 1. The number of sulfone groups is 1. The van der Waals surface area contributed by atoms with Crippen LogP contribution in [0.25, 0.3) is 0 Å². The molecule has 1 aliphatic heterocycles. The second-order valence-corrected chi connectivity index (χ2v) is 8.71. The van der Waals surface area contributed by atoms with Crippen LogP contribution in [0.2, 0.25) is 5.02 Å². The molecule has 8 heteroatoms. The molecule has 0 unspecified atom stereocenters. The van der Waals surface area contributed by atoms with E-state index in [1.165, 1.54) is 0 Å². The lowest BCUT2D eigenvalue weighted by molar-refractivity contribution is -0.118. The van der Waals surface area contributed by atoms with Gasteiger partial charge in [0.25, 0.3) is 0 Å². The monoisotopic (exact) mass is 382 g/mol. The van der Waals surface area contributed by atoms with Gasteiger partial charge in [-0.25, -0.2) is 8.42 Å². The first-order valence-corrected chi connectivity index (χ1v) is 10.1. The molecule has 2 heterocycles. The molecule has 134 valence electrons. The molecule has 0 aliphatic carbocycles. The molecule has 1 aliphatic rings. The van der Waals surface area contributed by atoms with E-state index in [1.54, 1.807) is 36.6 Å². The molecule has 1 N–H and O–H groups in total. The zero-order valence-corrected chi connectivity index (χ0v) is 15.1. The fourth-order valence-corrected chi connectivity index (χ4v) is 4.86. The van der Waals surface area contributed by atoms with Gasteiger partial charge in [-0.05, 0) is 30.7 Å². The Morgan fingerprint density at radius 2 is 2.08 bits per heavy atom. The van der Waals surface area contributed by atoms with Gasteiger partial charge in [0.2, 0.25) is 5.91 Å². The van der Waals surface area contributed by atoms with Crippen molar-refractivity contribution in [3.8, 4) is 0 Å². The van der Waals surface area contributed by atoms with Crippen LogP contribution in [0.1, 0.15) is 12.2 Å². The molecule has 0 spiro atoms. The van der Waals surface area contributed by atoms with Crippen molar-refractivity contribution >= 4 is 33.0 Å². The Labute approximate surface area is 151 Å². The maximum Gasteiger partial charge on any atom is 0.238 e. The number of halogens is 1. The summed E-state index contributed by atoms with van der Waals surface area (Å²) in [6.45, 7) is 0.440. The van der Waals surface area contributed by atoms with Crippen molar-refractivity contribution in [1.29, 1.82) is 0 Å². The maximum absolute atomic E-state index is 12.4.